The molecule has 0 amide bonds. The highest BCUT2D eigenvalue weighted by molar-refractivity contribution is 9.10. The first-order chi connectivity index (χ1) is 10.7. The first-order valence-electron chi connectivity index (χ1n) is 6.96. The zero-order valence-electron chi connectivity index (χ0n) is 12.7. The molecule has 1 aromatic heterocycles. The summed E-state index contributed by atoms with van der Waals surface area (Å²) in [6.45, 7) is 2.09. The number of fused-ring (bicyclic) bond motifs is 1. The predicted octanol–water partition coefficient (Wildman–Crippen LogP) is 5.16. The monoisotopic (exact) mass is 355 g/mol. The summed E-state index contributed by atoms with van der Waals surface area (Å²) in [5.41, 5.74) is 4.55. The highest BCUT2D eigenvalue weighted by Crippen LogP contribution is 2.40. The van der Waals surface area contributed by atoms with E-state index in [9.17, 15) is 0 Å². The zero-order valence-corrected chi connectivity index (χ0v) is 14.3. The lowest BCUT2D eigenvalue weighted by molar-refractivity contribution is 0.414. The van der Waals surface area contributed by atoms with Crippen molar-refractivity contribution in [1.29, 1.82) is 0 Å². The van der Waals surface area contributed by atoms with Crippen molar-refractivity contribution >= 4 is 26.8 Å². The maximum Gasteiger partial charge on any atom is 0.382 e. The molecule has 0 radical (unpaired) electrons. The third-order valence-electron chi connectivity index (χ3n) is 3.72. The molecular formula is C18H16BrN2O+. The van der Waals surface area contributed by atoms with Gasteiger partial charge in [-0.3, -0.25) is 0 Å². The number of hydrogen-bond donors (Lipinski definition) is 0. The number of methoxy groups -OCH3 is 1. The first-order valence-corrected chi connectivity index (χ1v) is 7.75. The molecule has 22 heavy (non-hydrogen) atoms. The SMILES string of the molecule is C[N+]#Cn1c(Br)c(-c2ccc(OC)cc2C)c2ccccc21. The Kier molecular flexibility index (Phi) is 3.91. The number of hydrogen-bond acceptors (Lipinski definition) is 1. The summed E-state index contributed by atoms with van der Waals surface area (Å²) >= 11 is 3.71. The van der Waals surface area contributed by atoms with Gasteiger partial charge < -0.3 is 4.74 Å². The Bertz CT molecular complexity index is 916. The van der Waals surface area contributed by atoms with Gasteiger partial charge in [0.05, 0.1) is 7.11 Å². The van der Waals surface area contributed by atoms with Crippen LogP contribution in [0.25, 0.3) is 26.9 Å². The molecule has 0 saturated heterocycles. The molecule has 0 aliphatic rings. The molecular weight excluding hydrogens is 340 g/mol. The average molecular weight is 356 g/mol. The topological polar surface area (TPSA) is 18.5 Å². The number of aryl methyl sites for hydroxylation is 1. The minimum Gasteiger partial charge on any atom is -0.497 e. The van der Waals surface area contributed by atoms with E-state index < -0.39 is 0 Å². The predicted molar refractivity (Wildman–Crippen MR) is 94.9 cm³/mol. The third-order valence-corrected chi connectivity index (χ3v) is 4.47. The molecule has 0 spiro atoms. The number of para-hydroxylation sites is 1. The van der Waals surface area contributed by atoms with E-state index in [0.29, 0.717) is 0 Å². The minimum atomic E-state index is 0.864. The lowest BCUT2D eigenvalue weighted by Crippen LogP contribution is -1.89. The molecule has 4 heteroatoms. The van der Waals surface area contributed by atoms with Crippen molar-refractivity contribution in [2.24, 2.45) is 0 Å². The van der Waals surface area contributed by atoms with Crippen LogP contribution >= 0.6 is 15.9 Å². The summed E-state index contributed by atoms with van der Waals surface area (Å²) in [5, 5.41) is 1.17. The van der Waals surface area contributed by atoms with Gasteiger partial charge in [0.15, 0.2) is 17.2 Å². The average Bonchev–Trinajstić information content (AvgIpc) is 2.81. The molecule has 0 N–H and O–H groups in total. The van der Waals surface area contributed by atoms with Gasteiger partial charge in [0, 0.05) is 10.9 Å². The second-order valence-corrected chi connectivity index (χ2v) is 5.77. The summed E-state index contributed by atoms with van der Waals surface area (Å²) in [6, 6.07) is 14.4. The van der Waals surface area contributed by atoms with Crippen LogP contribution in [0.4, 0.5) is 0 Å². The molecule has 3 nitrogen and oxygen atoms in total. The third kappa shape index (κ3) is 2.28. The van der Waals surface area contributed by atoms with Crippen LogP contribution in [0, 0.1) is 13.1 Å². The summed E-state index contributed by atoms with van der Waals surface area (Å²) in [5.74, 6) is 0.864. The highest BCUT2D eigenvalue weighted by atomic mass is 79.9. The molecule has 0 atom stereocenters. The Morgan fingerprint density at radius 3 is 2.64 bits per heavy atom. The second-order valence-electron chi connectivity index (χ2n) is 5.02. The molecule has 0 saturated carbocycles. The van der Waals surface area contributed by atoms with Gasteiger partial charge in [-0.15, -0.1) is 4.57 Å². The molecule has 0 bridgehead atoms. The van der Waals surface area contributed by atoms with Gasteiger partial charge in [-0.25, -0.2) is 4.85 Å². The van der Waals surface area contributed by atoms with Crippen molar-refractivity contribution in [3.8, 4) is 23.1 Å². The van der Waals surface area contributed by atoms with Gasteiger partial charge in [-0.2, -0.15) is 0 Å². The van der Waals surface area contributed by atoms with E-state index in [0.717, 1.165) is 27.0 Å². The highest BCUT2D eigenvalue weighted by Gasteiger charge is 2.22. The van der Waals surface area contributed by atoms with Crippen molar-refractivity contribution < 1.29 is 4.74 Å². The van der Waals surface area contributed by atoms with E-state index in [1.807, 2.05) is 28.8 Å². The van der Waals surface area contributed by atoms with Crippen LogP contribution in [0.15, 0.2) is 47.1 Å². The number of benzene rings is 2. The summed E-state index contributed by atoms with van der Waals surface area (Å²) in [6.07, 6.45) is 3.02. The van der Waals surface area contributed by atoms with Crippen molar-refractivity contribution in [2.75, 3.05) is 14.2 Å². The van der Waals surface area contributed by atoms with Crippen LogP contribution in [0.1, 0.15) is 5.56 Å². The number of aromatic nitrogens is 1. The summed E-state index contributed by atoms with van der Waals surface area (Å²) < 4.78 is 8.19. The molecule has 1 heterocycles. The van der Waals surface area contributed by atoms with Crippen LogP contribution in [0.2, 0.25) is 0 Å². The minimum absolute atomic E-state index is 0.864. The van der Waals surface area contributed by atoms with Crippen LogP contribution in [-0.2, 0) is 0 Å². The first kappa shape index (κ1) is 14.7. The van der Waals surface area contributed by atoms with Crippen molar-refractivity contribution in [3.63, 3.8) is 0 Å². The van der Waals surface area contributed by atoms with Crippen molar-refractivity contribution in [2.45, 2.75) is 6.92 Å². The number of nitrogens with zero attached hydrogens (tertiary/aromatic N) is 2. The number of halogens is 1. The Hall–Kier alpha value is -2.25. The van der Waals surface area contributed by atoms with E-state index in [4.69, 9.17) is 4.74 Å². The lowest BCUT2D eigenvalue weighted by Gasteiger charge is -2.07. The molecule has 0 unspecified atom stereocenters. The fourth-order valence-corrected chi connectivity index (χ4v) is 3.40. The lowest BCUT2D eigenvalue weighted by atomic mass is 10.00. The van der Waals surface area contributed by atoms with Gasteiger partial charge in [-0.1, -0.05) is 18.2 Å². The standard InChI is InChI=1S/C18H16BrN2O/c1-12-10-13(22-3)8-9-14(12)17-15-6-4-5-7-16(15)21(11-20-2)18(17)19/h4-10H,1-3H3/q+1. The fourth-order valence-electron chi connectivity index (χ4n) is 2.71. The molecule has 0 aliphatic heterocycles. The van der Waals surface area contributed by atoms with Crippen LogP contribution in [0.5, 0.6) is 5.75 Å². The van der Waals surface area contributed by atoms with E-state index in [1.54, 1.807) is 14.2 Å². The van der Waals surface area contributed by atoms with Crippen LogP contribution < -0.4 is 4.74 Å². The molecule has 2 aromatic carbocycles. The maximum atomic E-state index is 5.30. The summed E-state index contributed by atoms with van der Waals surface area (Å²) in [7, 11) is 3.41. The molecule has 0 fully saturated rings. The van der Waals surface area contributed by atoms with Crippen LogP contribution in [0.3, 0.4) is 0 Å². The van der Waals surface area contributed by atoms with E-state index in [1.165, 1.54) is 10.9 Å². The van der Waals surface area contributed by atoms with Gasteiger partial charge >= 0.3 is 6.19 Å². The molecule has 3 aromatic rings. The Morgan fingerprint density at radius 1 is 1.18 bits per heavy atom. The maximum absolute atomic E-state index is 5.30. The van der Waals surface area contributed by atoms with Gasteiger partial charge in [-0.05, 0) is 58.2 Å². The van der Waals surface area contributed by atoms with Crippen LogP contribution in [-0.4, -0.2) is 18.7 Å². The normalized spacial score (nSPS) is 10.4. The van der Waals surface area contributed by atoms with E-state index in [2.05, 4.69) is 52.1 Å². The number of rotatable bonds is 2. The Labute approximate surface area is 138 Å². The Morgan fingerprint density at radius 2 is 1.95 bits per heavy atom. The second kappa shape index (κ2) is 5.86. The quantitative estimate of drug-likeness (QED) is 0.621. The largest absolute Gasteiger partial charge is 0.497 e. The van der Waals surface area contributed by atoms with Crippen molar-refractivity contribution in [3.05, 3.63) is 57.5 Å². The fraction of sp³-hybridized carbons (Fsp3) is 0.167. The molecule has 110 valence electrons. The smallest absolute Gasteiger partial charge is 0.382 e. The summed E-state index contributed by atoms with van der Waals surface area (Å²) in [4.78, 5) is 4.04. The Balaban J connectivity index is 2.35. The zero-order chi connectivity index (χ0) is 15.7. The van der Waals surface area contributed by atoms with E-state index >= 15 is 0 Å². The van der Waals surface area contributed by atoms with Gasteiger partial charge in [0.1, 0.15) is 5.75 Å². The van der Waals surface area contributed by atoms with Crippen molar-refractivity contribution in [1.82, 2.24) is 4.57 Å². The molecule has 0 aliphatic carbocycles. The van der Waals surface area contributed by atoms with E-state index in [-0.39, 0.29) is 0 Å². The van der Waals surface area contributed by atoms with Gasteiger partial charge in [0.2, 0.25) is 0 Å². The number of ether oxygens (including phenoxy) is 1. The molecule has 3 rings (SSSR count). The van der Waals surface area contributed by atoms with Gasteiger partial charge in [0.25, 0.3) is 0 Å².